The Labute approximate surface area is 135 Å². The average Bonchev–Trinajstić information content (AvgIpc) is 2.45. The van der Waals surface area contributed by atoms with Gasteiger partial charge in [0.2, 0.25) is 0 Å². The Morgan fingerprint density at radius 2 is 1.67 bits per heavy atom. The summed E-state index contributed by atoms with van der Waals surface area (Å²) in [5.74, 6) is 0.820. The van der Waals surface area contributed by atoms with Gasteiger partial charge in [0.05, 0.1) is 13.2 Å². The van der Waals surface area contributed by atoms with E-state index >= 15 is 0 Å². The zero-order chi connectivity index (χ0) is 15.6. The normalized spacial score (nSPS) is 13.0. The molecule has 0 amide bonds. The van der Waals surface area contributed by atoms with Crippen molar-refractivity contribution in [3.05, 3.63) is 63.6 Å². The number of halogens is 1. The minimum atomic E-state index is -0.153. The van der Waals surface area contributed by atoms with Crippen LogP contribution in [0.5, 0.6) is 5.75 Å². The molecule has 1 unspecified atom stereocenters. The summed E-state index contributed by atoms with van der Waals surface area (Å²) in [6, 6.07) is 14.3. The van der Waals surface area contributed by atoms with E-state index in [2.05, 4.69) is 61.0 Å². The van der Waals surface area contributed by atoms with E-state index in [1.807, 2.05) is 18.2 Å². The number of rotatable bonds is 3. The van der Waals surface area contributed by atoms with Crippen LogP contribution in [0.2, 0.25) is 0 Å². The Morgan fingerprint density at radius 3 is 2.14 bits per heavy atom. The molecule has 112 valence electrons. The molecule has 2 N–H and O–H groups in total. The molecule has 0 radical (unpaired) electrons. The standard InChI is InChI=1S/C18H22BrNO/c1-18(2,3)13-7-5-12(6-8-13)17(20)15-10-9-14(21-4)11-16(15)19/h5-11,17H,20H2,1-4H3. The van der Waals surface area contributed by atoms with Crippen LogP contribution in [0.15, 0.2) is 46.9 Å². The van der Waals surface area contributed by atoms with Crippen molar-refractivity contribution in [2.24, 2.45) is 5.73 Å². The van der Waals surface area contributed by atoms with Crippen molar-refractivity contribution < 1.29 is 4.74 Å². The first kappa shape index (κ1) is 16.1. The molecular weight excluding hydrogens is 326 g/mol. The number of methoxy groups -OCH3 is 1. The lowest BCUT2D eigenvalue weighted by molar-refractivity contribution is 0.414. The van der Waals surface area contributed by atoms with Gasteiger partial charge in [-0.3, -0.25) is 0 Å². The molecule has 1 atom stereocenters. The van der Waals surface area contributed by atoms with Crippen molar-refractivity contribution >= 4 is 15.9 Å². The van der Waals surface area contributed by atoms with Gasteiger partial charge in [-0.1, -0.05) is 67.0 Å². The fourth-order valence-corrected chi connectivity index (χ4v) is 2.86. The molecule has 2 rings (SSSR count). The summed E-state index contributed by atoms with van der Waals surface area (Å²) in [7, 11) is 1.66. The van der Waals surface area contributed by atoms with Crippen LogP contribution in [0, 0.1) is 0 Å². The van der Waals surface area contributed by atoms with Crippen molar-refractivity contribution in [3.63, 3.8) is 0 Å². The van der Waals surface area contributed by atoms with Gasteiger partial charge in [-0.15, -0.1) is 0 Å². The van der Waals surface area contributed by atoms with E-state index in [4.69, 9.17) is 10.5 Å². The maximum atomic E-state index is 6.40. The molecule has 2 nitrogen and oxygen atoms in total. The Kier molecular flexibility index (Phi) is 4.74. The van der Waals surface area contributed by atoms with E-state index in [0.29, 0.717) is 0 Å². The van der Waals surface area contributed by atoms with Crippen LogP contribution >= 0.6 is 15.9 Å². The fraction of sp³-hybridized carbons (Fsp3) is 0.333. The average molecular weight is 348 g/mol. The van der Waals surface area contributed by atoms with Gasteiger partial charge in [-0.2, -0.15) is 0 Å². The SMILES string of the molecule is COc1ccc(C(N)c2ccc(C(C)(C)C)cc2)c(Br)c1. The summed E-state index contributed by atoms with van der Waals surface area (Å²) in [6.07, 6.45) is 0. The molecule has 0 saturated carbocycles. The fourth-order valence-electron chi connectivity index (χ4n) is 2.26. The van der Waals surface area contributed by atoms with Gasteiger partial charge in [-0.25, -0.2) is 0 Å². The molecule has 0 heterocycles. The smallest absolute Gasteiger partial charge is 0.120 e. The number of hydrogen-bond donors (Lipinski definition) is 1. The van der Waals surface area contributed by atoms with Gasteiger partial charge >= 0.3 is 0 Å². The van der Waals surface area contributed by atoms with E-state index in [0.717, 1.165) is 21.3 Å². The first-order valence-corrected chi connectivity index (χ1v) is 7.81. The molecule has 2 aromatic rings. The van der Waals surface area contributed by atoms with Crippen LogP contribution in [-0.2, 0) is 5.41 Å². The Hall–Kier alpha value is -1.32. The summed E-state index contributed by atoms with van der Waals surface area (Å²) in [5, 5.41) is 0. The quantitative estimate of drug-likeness (QED) is 0.864. The second-order valence-electron chi connectivity index (χ2n) is 6.24. The molecule has 0 aliphatic heterocycles. The highest BCUT2D eigenvalue weighted by atomic mass is 79.9. The van der Waals surface area contributed by atoms with Crippen LogP contribution in [0.3, 0.4) is 0 Å². The van der Waals surface area contributed by atoms with E-state index in [1.165, 1.54) is 5.56 Å². The number of benzene rings is 2. The lowest BCUT2D eigenvalue weighted by atomic mass is 9.86. The van der Waals surface area contributed by atoms with Crippen LogP contribution in [0.25, 0.3) is 0 Å². The predicted molar refractivity (Wildman–Crippen MR) is 91.9 cm³/mol. The third kappa shape index (κ3) is 3.66. The zero-order valence-electron chi connectivity index (χ0n) is 13.0. The van der Waals surface area contributed by atoms with Crippen LogP contribution < -0.4 is 10.5 Å². The minimum Gasteiger partial charge on any atom is -0.497 e. The van der Waals surface area contributed by atoms with Crippen molar-refractivity contribution in [2.75, 3.05) is 7.11 Å². The molecule has 21 heavy (non-hydrogen) atoms. The molecule has 0 aromatic heterocycles. The lowest BCUT2D eigenvalue weighted by Gasteiger charge is -2.21. The molecule has 0 bridgehead atoms. The van der Waals surface area contributed by atoms with Crippen LogP contribution in [0.1, 0.15) is 43.5 Å². The summed E-state index contributed by atoms with van der Waals surface area (Å²) in [6.45, 7) is 6.63. The van der Waals surface area contributed by atoms with Gasteiger partial charge in [0.15, 0.2) is 0 Å². The maximum Gasteiger partial charge on any atom is 0.120 e. The second kappa shape index (κ2) is 6.20. The second-order valence-corrected chi connectivity index (χ2v) is 7.09. The highest BCUT2D eigenvalue weighted by Gasteiger charge is 2.16. The summed E-state index contributed by atoms with van der Waals surface area (Å²) in [5.41, 5.74) is 10.0. The highest BCUT2D eigenvalue weighted by Crippen LogP contribution is 2.31. The Morgan fingerprint density at radius 1 is 1.05 bits per heavy atom. The van der Waals surface area contributed by atoms with Crippen molar-refractivity contribution in [1.29, 1.82) is 0 Å². The number of nitrogens with two attached hydrogens (primary N) is 1. The molecule has 0 spiro atoms. The monoisotopic (exact) mass is 347 g/mol. The summed E-state index contributed by atoms with van der Waals surface area (Å²) >= 11 is 3.57. The third-order valence-corrected chi connectivity index (χ3v) is 4.37. The zero-order valence-corrected chi connectivity index (χ0v) is 14.6. The van der Waals surface area contributed by atoms with E-state index in [-0.39, 0.29) is 11.5 Å². The first-order valence-electron chi connectivity index (χ1n) is 7.02. The number of ether oxygens (including phenoxy) is 1. The highest BCUT2D eigenvalue weighted by molar-refractivity contribution is 9.10. The molecule has 0 aliphatic rings. The van der Waals surface area contributed by atoms with E-state index in [9.17, 15) is 0 Å². The van der Waals surface area contributed by atoms with E-state index < -0.39 is 0 Å². The Bertz CT molecular complexity index is 614. The molecule has 0 saturated heterocycles. The summed E-state index contributed by atoms with van der Waals surface area (Å²) < 4.78 is 6.18. The van der Waals surface area contributed by atoms with Gasteiger partial charge in [0.1, 0.15) is 5.75 Å². The lowest BCUT2D eigenvalue weighted by Crippen LogP contribution is -2.14. The maximum absolute atomic E-state index is 6.40. The first-order chi connectivity index (χ1) is 9.82. The topological polar surface area (TPSA) is 35.2 Å². The molecule has 3 heteroatoms. The van der Waals surface area contributed by atoms with Crippen molar-refractivity contribution in [1.82, 2.24) is 0 Å². The summed E-state index contributed by atoms with van der Waals surface area (Å²) in [4.78, 5) is 0. The number of hydrogen-bond acceptors (Lipinski definition) is 2. The molecule has 0 aliphatic carbocycles. The molecule has 2 aromatic carbocycles. The third-order valence-electron chi connectivity index (χ3n) is 3.68. The van der Waals surface area contributed by atoms with Gasteiger partial charge in [0.25, 0.3) is 0 Å². The molecule has 0 fully saturated rings. The predicted octanol–water partition coefficient (Wildman–Crippen LogP) is 4.80. The largest absolute Gasteiger partial charge is 0.497 e. The van der Waals surface area contributed by atoms with Crippen LogP contribution in [-0.4, -0.2) is 7.11 Å². The van der Waals surface area contributed by atoms with Crippen molar-refractivity contribution in [3.8, 4) is 5.75 Å². The van der Waals surface area contributed by atoms with Crippen molar-refractivity contribution in [2.45, 2.75) is 32.2 Å². The molecular formula is C18H22BrNO. The minimum absolute atomic E-state index is 0.153. The van der Waals surface area contributed by atoms with Gasteiger partial charge in [0, 0.05) is 4.47 Å². The van der Waals surface area contributed by atoms with Gasteiger partial charge < -0.3 is 10.5 Å². The van der Waals surface area contributed by atoms with E-state index in [1.54, 1.807) is 7.11 Å². The van der Waals surface area contributed by atoms with Gasteiger partial charge in [-0.05, 0) is 34.2 Å². The van der Waals surface area contributed by atoms with Crippen LogP contribution in [0.4, 0.5) is 0 Å². The Balaban J connectivity index is 2.30.